The summed E-state index contributed by atoms with van der Waals surface area (Å²) in [7, 11) is 0. The first-order chi connectivity index (χ1) is 8.41. The van der Waals surface area contributed by atoms with Crippen molar-refractivity contribution in [3.8, 4) is 0 Å². The van der Waals surface area contributed by atoms with Crippen molar-refractivity contribution in [2.75, 3.05) is 0 Å². The van der Waals surface area contributed by atoms with Gasteiger partial charge in [0, 0.05) is 9.35 Å². The summed E-state index contributed by atoms with van der Waals surface area (Å²) in [6.07, 6.45) is -4.40. The number of benzene rings is 1. The molecule has 1 atom stereocenters. The Morgan fingerprint density at radius 1 is 1.17 bits per heavy atom. The van der Waals surface area contributed by atoms with Gasteiger partial charge in [-0.05, 0) is 39.0 Å². The van der Waals surface area contributed by atoms with E-state index in [4.69, 9.17) is 11.6 Å². The minimum absolute atomic E-state index is 0.0785. The van der Waals surface area contributed by atoms with E-state index in [0.717, 1.165) is 10.5 Å². The Balaban J connectivity index is 2.49. The molecule has 2 aromatic rings. The average molecular weight is 356 g/mol. The maximum absolute atomic E-state index is 12.9. The standard InChI is InChI=1S/C12H7BrClF3S/c13-9-5-6-18-11(9)10(14)7-3-1-2-4-8(7)12(15,16)17/h1-6,10H. The van der Waals surface area contributed by atoms with Gasteiger partial charge in [-0.3, -0.25) is 0 Å². The van der Waals surface area contributed by atoms with Gasteiger partial charge in [0.1, 0.15) is 0 Å². The number of hydrogen-bond donors (Lipinski definition) is 0. The predicted molar refractivity (Wildman–Crippen MR) is 71.2 cm³/mol. The molecule has 0 bridgehead atoms. The SMILES string of the molecule is FC(F)(F)c1ccccc1C(Cl)c1sccc1Br. The second-order valence-electron chi connectivity index (χ2n) is 3.58. The van der Waals surface area contributed by atoms with Gasteiger partial charge in [0.25, 0.3) is 0 Å². The van der Waals surface area contributed by atoms with Gasteiger partial charge in [0.15, 0.2) is 0 Å². The van der Waals surface area contributed by atoms with E-state index in [1.54, 1.807) is 17.5 Å². The van der Waals surface area contributed by atoms with Gasteiger partial charge in [-0.1, -0.05) is 18.2 Å². The molecule has 1 unspecified atom stereocenters. The van der Waals surface area contributed by atoms with Crippen LogP contribution in [0.1, 0.15) is 21.4 Å². The Labute approximate surface area is 120 Å². The summed E-state index contributed by atoms with van der Waals surface area (Å²) in [5.41, 5.74) is -0.611. The zero-order valence-electron chi connectivity index (χ0n) is 8.84. The van der Waals surface area contributed by atoms with E-state index in [1.807, 2.05) is 0 Å². The first-order valence-corrected chi connectivity index (χ1v) is 7.05. The number of halogens is 5. The maximum Gasteiger partial charge on any atom is 0.416 e. The van der Waals surface area contributed by atoms with Crippen molar-refractivity contribution in [3.05, 3.63) is 56.2 Å². The van der Waals surface area contributed by atoms with Crippen LogP contribution in [0.5, 0.6) is 0 Å². The Bertz CT molecular complexity index is 550. The third-order valence-electron chi connectivity index (χ3n) is 2.41. The Kier molecular flexibility index (Phi) is 4.04. The van der Waals surface area contributed by atoms with E-state index < -0.39 is 17.1 Å². The molecule has 0 amide bonds. The lowest BCUT2D eigenvalue weighted by Crippen LogP contribution is -2.10. The van der Waals surface area contributed by atoms with Crippen LogP contribution in [0.15, 0.2) is 40.2 Å². The van der Waals surface area contributed by atoms with Crippen molar-refractivity contribution in [2.45, 2.75) is 11.6 Å². The number of hydrogen-bond acceptors (Lipinski definition) is 1. The molecule has 0 spiro atoms. The molecule has 0 N–H and O–H groups in total. The Morgan fingerprint density at radius 3 is 2.39 bits per heavy atom. The van der Waals surface area contributed by atoms with Gasteiger partial charge < -0.3 is 0 Å². The van der Waals surface area contributed by atoms with Gasteiger partial charge >= 0.3 is 6.18 Å². The van der Waals surface area contributed by atoms with Crippen molar-refractivity contribution in [3.63, 3.8) is 0 Å². The van der Waals surface area contributed by atoms with Crippen LogP contribution in [-0.4, -0.2) is 0 Å². The fourth-order valence-electron chi connectivity index (χ4n) is 1.60. The lowest BCUT2D eigenvalue weighted by atomic mass is 10.0. The van der Waals surface area contributed by atoms with Crippen molar-refractivity contribution < 1.29 is 13.2 Å². The first-order valence-electron chi connectivity index (χ1n) is 4.94. The molecule has 0 fully saturated rings. The van der Waals surface area contributed by atoms with E-state index in [-0.39, 0.29) is 5.56 Å². The fourth-order valence-corrected chi connectivity index (χ4v) is 3.79. The first kappa shape index (κ1) is 13.9. The summed E-state index contributed by atoms with van der Waals surface area (Å²) in [5.74, 6) is 0. The quantitative estimate of drug-likeness (QED) is 0.592. The molecular formula is C12H7BrClF3S. The molecule has 0 aliphatic carbocycles. The van der Waals surface area contributed by atoms with Crippen LogP contribution in [0.2, 0.25) is 0 Å². The third-order valence-corrected chi connectivity index (χ3v) is 4.93. The molecule has 0 aliphatic rings. The molecule has 0 nitrogen and oxygen atoms in total. The molecule has 96 valence electrons. The minimum Gasteiger partial charge on any atom is -0.166 e. The molecule has 2 rings (SSSR count). The summed E-state index contributed by atoms with van der Waals surface area (Å²) in [4.78, 5) is 0.674. The van der Waals surface area contributed by atoms with Crippen LogP contribution < -0.4 is 0 Å². The van der Waals surface area contributed by atoms with Crippen LogP contribution in [0.3, 0.4) is 0 Å². The lowest BCUT2D eigenvalue weighted by molar-refractivity contribution is -0.138. The topological polar surface area (TPSA) is 0 Å². The van der Waals surface area contributed by atoms with Gasteiger partial charge in [0.05, 0.1) is 10.9 Å². The highest BCUT2D eigenvalue weighted by Gasteiger charge is 2.35. The van der Waals surface area contributed by atoms with Crippen molar-refractivity contribution >= 4 is 38.9 Å². The van der Waals surface area contributed by atoms with E-state index in [0.29, 0.717) is 4.88 Å². The molecule has 18 heavy (non-hydrogen) atoms. The minimum atomic E-state index is -4.40. The third kappa shape index (κ3) is 2.73. The average Bonchev–Trinajstić information content (AvgIpc) is 2.73. The Hall–Kier alpha value is -0.520. The second kappa shape index (κ2) is 5.23. The molecule has 0 radical (unpaired) electrons. The molecule has 1 heterocycles. The van der Waals surface area contributed by atoms with Gasteiger partial charge in [0.2, 0.25) is 0 Å². The van der Waals surface area contributed by atoms with Gasteiger partial charge in [-0.15, -0.1) is 22.9 Å². The predicted octanol–water partition coefficient (Wildman–Crippen LogP) is 5.86. The second-order valence-corrected chi connectivity index (χ2v) is 5.82. The van der Waals surface area contributed by atoms with Crippen LogP contribution in [0.25, 0.3) is 0 Å². The van der Waals surface area contributed by atoms with Crippen LogP contribution in [0.4, 0.5) is 13.2 Å². The molecule has 1 aromatic carbocycles. The van der Waals surface area contributed by atoms with E-state index in [2.05, 4.69) is 15.9 Å². The molecular weight excluding hydrogens is 349 g/mol. The summed E-state index contributed by atoms with van der Waals surface area (Å²) in [6, 6.07) is 7.14. The largest absolute Gasteiger partial charge is 0.416 e. The smallest absolute Gasteiger partial charge is 0.166 e. The van der Waals surface area contributed by atoms with E-state index in [9.17, 15) is 13.2 Å². The number of rotatable bonds is 2. The molecule has 0 saturated carbocycles. The van der Waals surface area contributed by atoms with E-state index in [1.165, 1.54) is 23.5 Å². The number of alkyl halides is 4. The zero-order chi connectivity index (χ0) is 13.3. The highest BCUT2D eigenvalue weighted by Crippen LogP contribution is 2.42. The molecule has 0 saturated heterocycles. The normalized spacial score (nSPS) is 13.6. The van der Waals surface area contributed by atoms with Crippen molar-refractivity contribution in [2.24, 2.45) is 0 Å². The molecule has 0 aliphatic heterocycles. The van der Waals surface area contributed by atoms with Gasteiger partial charge in [-0.2, -0.15) is 13.2 Å². The summed E-state index contributed by atoms with van der Waals surface area (Å²) in [6.45, 7) is 0. The number of thiophene rings is 1. The van der Waals surface area contributed by atoms with Crippen LogP contribution in [0, 0.1) is 0 Å². The monoisotopic (exact) mass is 354 g/mol. The molecule has 6 heteroatoms. The van der Waals surface area contributed by atoms with Crippen LogP contribution in [-0.2, 0) is 6.18 Å². The van der Waals surface area contributed by atoms with Crippen molar-refractivity contribution in [1.82, 2.24) is 0 Å². The van der Waals surface area contributed by atoms with Crippen molar-refractivity contribution in [1.29, 1.82) is 0 Å². The summed E-state index contributed by atoms with van der Waals surface area (Å²) >= 11 is 10.8. The lowest BCUT2D eigenvalue weighted by Gasteiger charge is -2.16. The maximum atomic E-state index is 12.9. The fraction of sp³-hybridized carbons (Fsp3) is 0.167. The summed E-state index contributed by atoms with van der Waals surface area (Å²) in [5, 5.41) is 0.975. The van der Waals surface area contributed by atoms with Crippen LogP contribution >= 0.6 is 38.9 Å². The molecule has 1 aromatic heterocycles. The highest BCUT2D eigenvalue weighted by molar-refractivity contribution is 9.10. The zero-order valence-corrected chi connectivity index (χ0v) is 12.0. The Morgan fingerprint density at radius 2 is 1.83 bits per heavy atom. The summed E-state index contributed by atoms with van der Waals surface area (Å²) < 4.78 is 39.4. The highest BCUT2D eigenvalue weighted by atomic mass is 79.9. The van der Waals surface area contributed by atoms with E-state index >= 15 is 0 Å². The van der Waals surface area contributed by atoms with Gasteiger partial charge in [-0.25, -0.2) is 0 Å².